The number of fused-ring (bicyclic) bond motifs is 1. The van der Waals surface area contributed by atoms with E-state index in [0.717, 1.165) is 24.2 Å². The van der Waals surface area contributed by atoms with Crippen LogP contribution in [-0.4, -0.2) is 73.7 Å². The van der Waals surface area contributed by atoms with E-state index >= 15 is 0 Å². The number of nitrogens with one attached hydrogen (secondary N) is 2. The molecule has 1 aliphatic heterocycles. The van der Waals surface area contributed by atoms with Crippen LogP contribution in [-0.2, 0) is 23.0 Å². The smallest absolute Gasteiger partial charge is 0.271 e. The summed E-state index contributed by atoms with van der Waals surface area (Å²) in [6.45, 7) is 2.14. The van der Waals surface area contributed by atoms with Crippen molar-refractivity contribution in [3.05, 3.63) is 17.0 Å². The van der Waals surface area contributed by atoms with E-state index in [-0.39, 0.29) is 11.7 Å². The molecule has 0 aromatic carbocycles. The second-order valence-corrected chi connectivity index (χ2v) is 7.89. The van der Waals surface area contributed by atoms with Gasteiger partial charge in [0.2, 0.25) is 10.0 Å². The number of carbonyl (C=O) groups excluding carboxylic acids is 1. The van der Waals surface area contributed by atoms with Gasteiger partial charge in [-0.25, -0.2) is 12.7 Å². The lowest BCUT2D eigenvalue weighted by Gasteiger charge is -2.26. The molecule has 2 rings (SSSR count). The van der Waals surface area contributed by atoms with E-state index in [0.29, 0.717) is 25.2 Å². The first kappa shape index (κ1) is 16.9. The standard InChI is InChI=1S/C13H23N5O3S/c1-14-13(19)12-10-9-18(7-5-11(10)15-16-12)6-4-8-22(20,21)17(2)3/h4-9H2,1-3H3,(H,14,19)(H,15,16). The average Bonchev–Trinajstić information content (AvgIpc) is 2.89. The number of sulfonamides is 1. The highest BCUT2D eigenvalue weighted by atomic mass is 32.2. The fourth-order valence-electron chi connectivity index (χ4n) is 2.50. The monoisotopic (exact) mass is 329 g/mol. The van der Waals surface area contributed by atoms with E-state index in [4.69, 9.17) is 0 Å². The van der Waals surface area contributed by atoms with Gasteiger partial charge in [0.25, 0.3) is 5.91 Å². The van der Waals surface area contributed by atoms with Gasteiger partial charge in [-0.05, 0) is 13.0 Å². The molecule has 0 fully saturated rings. The van der Waals surface area contributed by atoms with Crippen molar-refractivity contribution in [1.29, 1.82) is 0 Å². The Kier molecular flexibility index (Phi) is 5.20. The maximum absolute atomic E-state index is 11.8. The van der Waals surface area contributed by atoms with Crippen molar-refractivity contribution in [2.75, 3.05) is 40.0 Å². The summed E-state index contributed by atoms with van der Waals surface area (Å²) in [6.07, 6.45) is 1.36. The lowest BCUT2D eigenvalue weighted by atomic mass is 10.0. The highest BCUT2D eigenvalue weighted by Gasteiger charge is 2.25. The molecule has 1 aliphatic rings. The summed E-state index contributed by atoms with van der Waals surface area (Å²) >= 11 is 0. The third kappa shape index (κ3) is 3.65. The molecule has 124 valence electrons. The van der Waals surface area contributed by atoms with Crippen LogP contribution in [0, 0.1) is 0 Å². The molecule has 2 heterocycles. The lowest BCUT2D eigenvalue weighted by molar-refractivity contribution is 0.0955. The summed E-state index contributed by atoms with van der Waals surface area (Å²) in [4.78, 5) is 13.9. The van der Waals surface area contributed by atoms with Gasteiger partial charge in [-0.15, -0.1) is 0 Å². The zero-order valence-corrected chi connectivity index (χ0v) is 14.0. The van der Waals surface area contributed by atoms with Gasteiger partial charge in [-0.1, -0.05) is 0 Å². The van der Waals surface area contributed by atoms with Gasteiger partial charge >= 0.3 is 0 Å². The second kappa shape index (κ2) is 6.76. The molecule has 0 spiro atoms. The first-order chi connectivity index (χ1) is 10.3. The minimum absolute atomic E-state index is 0.136. The van der Waals surface area contributed by atoms with Crippen molar-refractivity contribution in [2.45, 2.75) is 19.4 Å². The summed E-state index contributed by atoms with van der Waals surface area (Å²) in [5.74, 6) is -0.0635. The Labute approximate surface area is 130 Å². The largest absolute Gasteiger partial charge is 0.354 e. The van der Waals surface area contributed by atoms with Gasteiger partial charge in [0, 0.05) is 51.9 Å². The van der Waals surface area contributed by atoms with Crippen molar-refractivity contribution in [3.63, 3.8) is 0 Å². The zero-order valence-electron chi connectivity index (χ0n) is 13.2. The van der Waals surface area contributed by atoms with E-state index < -0.39 is 10.0 Å². The van der Waals surface area contributed by atoms with Crippen molar-refractivity contribution in [3.8, 4) is 0 Å². The van der Waals surface area contributed by atoms with Crippen molar-refractivity contribution in [1.82, 2.24) is 24.7 Å². The molecule has 1 amide bonds. The van der Waals surface area contributed by atoms with E-state index in [1.807, 2.05) is 0 Å². The number of hydrogen-bond acceptors (Lipinski definition) is 5. The number of aromatic amines is 1. The lowest BCUT2D eigenvalue weighted by Crippen LogP contribution is -2.34. The van der Waals surface area contributed by atoms with Gasteiger partial charge in [0.05, 0.1) is 5.75 Å². The first-order valence-corrected chi connectivity index (χ1v) is 8.87. The molecule has 0 bridgehead atoms. The number of carbonyl (C=O) groups is 1. The van der Waals surface area contributed by atoms with Crippen LogP contribution in [0.4, 0.5) is 0 Å². The molecule has 22 heavy (non-hydrogen) atoms. The van der Waals surface area contributed by atoms with Gasteiger partial charge in [0.15, 0.2) is 5.69 Å². The molecule has 9 heteroatoms. The molecular weight excluding hydrogens is 306 g/mol. The molecule has 0 atom stereocenters. The summed E-state index contributed by atoms with van der Waals surface area (Å²) in [6, 6.07) is 0. The maximum atomic E-state index is 11.8. The van der Waals surface area contributed by atoms with Crippen molar-refractivity contribution < 1.29 is 13.2 Å². The number of H-pyrrole nitrogens is 1. The van der Waals surface area contributed by atoms with E-state index in [1.165, 1.54) is 4.31 Å². The molecule has 0 radical (unpaired) electrons. The third-order valence-electron chi connectivity index (χ3n) is 3.89. The molecule has 1 aromatic rings. The van der Waals surface area contributed by atoms with Crippen LogP contribution in [0.2, 0.25) is 0 Å². The number of aromatic nitrogens is 2. The Morgan fingerprint density at radius 3 is 2.82 bits per heavy atom. The number of nitrogens with zero attached hydrogens (tertiary/aromatic N) is 3. The minimum atomic E-state index is -3.15. The molecule has 0 saturated carbocycles. The van der Waals surface area contributed by atoms with Crippen molar-refractivity contribution in [2.24, 2.45) is 0 Å². The van der Waals surface area contributed by atoms with Crippen LogP contribution < -0.4 is 5.32 Å². The van der Waals surface area contributed by atoms with Crippen molar-refractivity contribution >= 4 is 15.9 Å². The predicted octanol–water partition coefficient (Wildman–Crippen LogP) is -0.591. The summed E-state index contributed by atoms with van der Waals surface area (Å²) in [5.41, 5.74) is 2.35. The number of rotatable bonds is 6. The minimum Gasteiger partial charge on any atom is -0.354 e. The maximum Gasteiger partial charge on any atom is 0.271 e. The Hall–Kier alpha value is -1.45. The Morgan fingerprint density at radius 1 is 1.45 bits per heavy atom. The van der Waals surface area contributed by atoms with E-state index in [2.05, 4.69) is 20.4 Å². The van der Waals surface area contributed by atoms with Crippen LogP contribution in [0.25, 0.3) is 0 Å². The predicted molar refractivity (Wildman–Crippen MR) is 83.0 cm³/mol. The molecule has 0 saturated heterocycles. The fourth-order valence-corrected chi connectivity index (χ4v) is 3.36. The van der Waals surface area contributed by atoms with Crippen LogP contribution >= 0.6 is 0 Å². The third-order valence-corrected chi connectivity index (χ3v) is 5.80. The number of hydrogen-bond donors (Lipinski definition) is 2. The van der Waals surface area contributed by atoms with E-state index in [1.54, 1.807) is 21.1 Å². The van der Waals surface area contributed by atoms with Crippen LogP contribution in [0.3, 0.4) is 0 Å². The Morgan fingerprint density at radius 2 is 2.18 bits per heavy atom. The highest BCUT2D eigenvalue weighted by Crippen LogP contribution is 2.20. The van der Waals surface area contributed by atoms with Crippen LogP contribution in [0.15, 0.2) is 0 Å². The van der Waals surface area contributed by atoms with Gasteiger partial charge < -0.3 is 5.32 Å². The Bertz CT molecular complexity index is 638. The molecule has 0 aliphatic carbocycles. The quantitative estimate of drug-likeness (QED) is 0.727. The van der Waals surface area contributed by atoms with E-state index in [9.17, 15) is 13.2 Å². The van der Waals surface area contributed by atoms with Gasteiger partial charge in [-0.3, -0.25) is 14.8 Å². The number of amides is 1. The SMILES string of the molecule is CNC(=O)c1n[nH]c2c1CN(CCCS(=O)(=O)N(C)C)CC2. The normalized spacial score (nSPS) is 15.8. The molecule has 1 aromatic heterocycles. The van der Waals surface area contributed by atoms with Crippen LogP contribution in [0.1, 0.15) is 28.2 Å². The topological polar surface area (TPSA) is 98.4 Å². The summed E-state index contributed by atoms with van der Waals surface area (Å²) in [7, 11) is 1.52. The van der Waals surface area contributed by atoms with Gasteiger partial charge in [-0.2, -0.15) is 5.10 Å². The second-order valence-electron chi connectivity index (χ2n) is 5.59. The molecule has 8 nitrogen and oxygen atoms in total. The molecule has 0 unspecified atom stereocenters. The summed E-state index contributed by atoms with van der Waals surface area (Å²) < 4.78 is 24.8. The zero-order chi connectivity index (χ0) is 16.3. The molecular formula is C13H23N5O3S. The first-order valence-electron chi connectivity index (χ1n) is 7.26. The average molecular weight is 329 g/mol. The highest BCUT2D eigenvalue weighted by molar-refractivity contribution is 7.89. The van der Waals surface area contributed by atoms with Gasteiger partial charge in [0.1, 0.15) is 0 Å². The fraction of sp³-hybridized carbons (Fsp3) is 0.692. The Balaban J connectivity index is 1.95. The summed E-state index contributed by atoms with van der Waals surface area (Å²) in [5, 5.41) is 9.58. The van der Waals surface area contributed by atoms with Crippen LogP contribution in [0.5, 0.6) is 0 Å². The molecule has 2 N–H and O–H groups in total.